The van der Waals surface area contributed by atoms with Crippen LogP contribution in [0.2, 0.25) is 0 Å². The predicted octanol–water partition coefficient (Wildman–Crippen LogP) is 3.32. The molecule has 0 fully saturated rings. The molecule has 2 amide bonds. The standard InChI is InChI=1S/C21H19FN4O5S/c22-16-7-1-2-8-18(16)31-12-19-25-17(13-32-19)21(28)24-10-4-9-23-20(27)14-5-3-6-15(11-14)26(29)30/h1-3,5-8,11,13H,4,9-10,12H2,(H,23,27)(H,24,28). The molecule has 1 aromatic heterocycles. The number of non-ortho nitro benzene ring substituents is 1. The van der Waals surface area contributed by atoms with Crippen LogP contribution in [0.15, 0.2) is 53.9 Å². The lowest BCUT2D eigenvalue weighted by molar-refractivity contribution is -0.384. The summed E-state index contributed by atoms with van der Waals surface area (Å²) in [6, 6.07) is 11.5. The van der Waals surface area contributed by atoms with Gasteiger partial charge in [-0.15, -0.1) is 11.3 Å². The lowest BCUT2D eigenvalue weighted by Gasteiger charge is -2.06. The van der Waals surface area contributed by atoms with Crippen molar-refractivity contribution in [1.82, 2.24) is 15.6 Å². The van der Waals surface area contributed by atoms with Crippen LogP contribution >= 0.6 is 11.3 Å². The second-order valence-corrected chi connectivity index (χ2v) is 7.46. The SMILES string of the molecule is O=C(NCCCNC(=O)c1csc(COc2ccccc2F)n1)c1cccc([N+](=O)[O-])c1. The van der Waals surface area contributed by atoms with Crippen LogP contribution in [0.25, 0.3) is 0 Å². The van der Waals surface area contributed by atoms with Crippen molar-refractivity contribution in [2.75, 3.05) is 13.1 Å². The number of amides is 2. The number of benzene rings is 2. The Kier molecular flexibility index (Phi) is 7.81. The van der Waals surface area contributed by atoms with E-state index in [1.54, 1.807) is 17.5 Å². The highest BCUT2D eigenvalue weighted by Crippen LogP contribution is 2.18. The van der Waals surface area contributed by atoms with Gasteiger partial charge in [-0.05, 0) is 24.6 Å². The summed E-state index contributed by atoms with van der Waals surface area (Å²) in [5.41, 5.74) is 0.255. The third-order valence-corrected chi connectivity index (χ3v) is 5.04. The fourth-order valence-electron chi connectivity index (χ4n) is 2.63. The van der Waals surface area contributed by atoms with Crippen LogP contribution in [0.5, 0.6) is 5.75 Å². The molecule has 0 saturated carbocycles. The molecule has 11 heteroatoms. The number of nitro groups is 1. The van der Waals surface area contributed by atoms with Crippen LogP contribution < -0.4 is 15.4 Å². The van der Waals surface area contributed by atoms with E-state index in [4.69, 9.17) is 4.74 Å². The van der Waals surface area contributed by atoms with Gasteiger partial charge in [0, 0.05) is 36.2 Å². The largest absolute Gasteiger partial charge is 0.483 e. The fourth-order valence-corrected chi connectivity index (χ4v) is 3.31. The Morgan fingerprint density at radius 1 is 1.09 bits per heavy atom. The summed E-state index contributed by atoms with van der Waals surface area (Å²) in [4.78, 5) is 38.6. The van der Waals surface area contributed by atoms with Gasteiger partial charge in [-0.25, -0.2) is 9.37 Å². The molecule has 0 atom stereocenters. The number of halogens is 1. The Bertz CT molecular complexity index is 1120. The Hall–Kier alpha value is -3.86. The zero-order valence-electron chi connectivity index (χ0n) is 16.7. The molecule has 3 rings (SSSR count). The maximum atomic E-state index is 13.6. The number of thiazole rings is 1. The third-order valence-electron chi connectivity index (χ3n) is 4.22. The van der Waals surface area contributed by atoms with Gasteiger partial charge in [-0.2, -0.15) is 0 Å². The summed E-state index contributed by atoms with van der Waals surface area (Å²) >= 11 is 1.23. The van der Waals surface area contributed by atoms with Crippen molar-refractivity contribution < 1.29 is 23.6 Å². The monoisotopic (exact) mass is 458 g/mol. The molecule has 0 bridgehead atoms. The summed E-state index contributed by atoms with van der Waals surface area (Å²) in [5.74, 6) is -1.16. The molecule has 3 aromatic rings. The number of ether oxygens (including phenoxy) is 1. The fraction of sp³-hybridized carbons (Fsp3) is 0.190. The summed E-state index contributed by atoms with van der Waals surface area (Å²) in [6.07, 6.45) is 0.458. The zero-order chi connectivity index (χ0) is 22.9. The van der Waals surface area contributed by atoms with Crippen molar-refractivity contribution in [3.8, 4) is 5.75 Å². The predicted molar refractivity (Wildman–Crippen MR) is 115 cm³/mol. The first-order valence-electron chi connectivity index (χ1n) is 9.56. The van der Waals surface area contributed by atoms with Gasteiger partial charge in [0.1, 0.15) is 17.3 Å². The number of carbonyl (C=O) groups excluding carboxylic acids is 2. The molecule has 0 aliphatic rings. The molecule has 0 unspecified atom stereocenters. The van der Waals surface area contributed by atoms with Crippen LogP contribution in [0.3, 0.4) is 0 Å². The minimum atomic E-state index is -0.567. The first-order chi connectivity index (χ1) is 15.4. The van der Waals surface area contributed by atoms with E-state index in [0.29, 0.717) is 18.0 Å². The molecular weight excluding hydrogens is 439 g/mol. The summed E-state index contributed by atoms with van der Waals surface area (Å²) < 4.78 is 18.9. The topological polar surface area (TPSA) is 123 Å². The highest BCUT2D eigenvalue weighted by molar-refractivity contribution is 7.09. The van der Waals surface area contributed by atoms with E-state index in [2.05, 4.69) is 15.6 Å². The van der Waals surface area contributed by atoms with E-state index in [9.17, 15) is 24.1 Å². The van der Waals surface area contributed by atoms with Crippen molar-refractivity contribution in [1.29, 1.82) is 0 Å². The van der Waals surface area contributed by atoms with Gasteiger partial charge < -0.3 is 15.4 Å². The average molecular weight is 458 g/mol. The van der Waals surface area contributed by atoms with Gasteiger partial charge in [0.15, 0.2) is 11.6 Å². The van der Waals surface area contributed by atoms with Crippen molar-refractivity contribution in [3.05, 3.63) is 86.1 Å². The number of nitrogens with zero attached hydrogens (tertiary/aromatic N) is 2. The smallest absolute Gasteiger partial charge is 0.270 e. The summed E-state index contributed by atoms with van der Waals surface area (Å²) in [6.45, 7) is 0.621. The lowest BCUT2D eigenvalue weighted by Crippen LogP contribution is -2.30. The van der Waals surface area contributed by atoms with Crippen LogP contribution in [-0.2, 0) is 6.61 Å². The Morgan fingerprint density at radius 2 is 1.84 bits per heavy atom. The van der Waals surface area contributed by atoms with E-state index in [1.807, 2.05) is 0 Å². The van der Waals surface area contributed by atoms with Crippen molar-refractivity contribution in [3.63, 3.8) is 0 Å². The normalized spacial score (nSPS) is 10.4. The zero-order valence-corrected chi connectivity index (χ0v) is 17.6. The molecule has 0 spiro atoms. The molecule has 9 nitrogen and oxygen atoms in total. The molecule has 2 N–H and O–H groups in total. The Balaban J connectivity index is 1.38. The van der Waals surface area contributed by atoms with Crippen LogP contribution in [0, 0.1) is 15.9 Å². The number of carbonyl (C=O) groups is 2. The summed E-state index contributed by atoms with van der Waals surface area (Å²) in [5, 5.41) is 18.2. The van der Waals surface area contributed by atoms with Gasteiger partial charge in [0.2, 0.25) is 0 Å². The van der Waals surface area contributed by atoms with E-state index >= 15 is 0 Å². The van der Waals surface area contributed by atoms with Crippen molar-refractivity contribution in [2.45, 2.75) is 13.0 Å². The second-order valence-electron chi connectivity index (χ2n) is 6.52. The first-order valence-corrected chi connectivity index (χ1v) is 10.4. The molecule has 1 heterocycles. The van der Waals surface area contributed by atoms with Gasteiger partial charge in [0.25, 0.3) is 17.5 Å². The van der Waals surface area contributed by atoms with E-state index in [-0.39, 0.29) is 41.8 Å². The van der Waals surface area contributed by atoms with E-state index in [1.165, 1.54) is 47.7 Å². The van der Waals surface area contributed by atoms with Gasteiger partial charge >= 0.3 is 0 Å². The number of hydrogen-bond acceptors (Lipinski definition) is 7. The molecule has 0 aliphatic carbocycles. The van der Waals surface area contributed by atoms with Gasteiger partial charge in [0.05, 0.1) is 4.92 Å². The number of rotatable bonds is 10. The maximum Gasteiger partial charge on any atom is 0.270 e. The number of nitro benzene ring substituents is 1. The van der Waals surface area contributed by atoms with Gasteiger partial charge in [-0.3, -0.25) is 19.7 Å². The molecule has 166 valence electrons. The maximum absolute atomic E-state index is 13.6. The van der Waals surface area contributed by atoms with Crippen molar-refractivity contribution >= 4 is 28.8 Å². The van der Waals surface area contributed by atoms with Crippen LogP contribution in [0.4, 0.5) is 10.1 Å². The summed E-state index contributed by atoms with van der Waals surface area (Å²) in [7, 11) is 0. The molecule has 0 saturated heterocycles. The van der Waals surface area contributed by atoms with Crippen LogP contribution in [-0.4, -0.2) is 34.8 Å². The second kappa shape index (κ2) is 11.0. The Morgan fingerprint density at radius 3 is 2.59 bits per heavy atom. The molecule has 0 aliphatic heterocycles. The van der Waals surface area contributed by atoms with E-state index < -0.39 is 16.6 Å². The van der Waals surface area contributed by atoms with E-state index in [0.717, 1.165) is 0 Å². The van der Waals surface area contributed by atoms with Crippen molar-refractivity contribution in [2.24, 2.45) is 0 Å². The third kappa shape index (κ3) is 6.32. The number of hydrogen-bond donors (Lipinski definition) is 2. The number of aromatic nitrogens is 1. The number of nitrogens with one attached hydrogen (secondary N) is 2. The Labute approximate surface area is 186 Å². The average Bonchev–Trinajstić information content (AvgIpc) is 3.27. The highest BCUT2D eigenvalue weighted by atomic mass is 32.1. The number of para-hydroxylation sites is 1. The van der Waals surface area contributed by atoms with Crippen LogP contribution in [0.1, 0.15) is 32.3 Å². The van der Waals surface area contributed by atoms with Gasteiger partial charge in [-0.1, -0.05) is 18.2 Å². The molecule has 32 heavy (non-hydrogen) atoms. The minimum absolute atomic E-state index is 0.0442. The molecule has 2 aromatic carbocycles. The highest BCUT2D eigenvalue weighted by Gasteiger charge is 2.13. The first kappa shape index (κ1) is 22.8. The lowest BCUT2D eigenvalue weighted by atomic mass is 10.2. The quantitative estimate of drug-likeness (QED) is 0.273. The minimum Gasteiger partial charge on any atom is -0.483 e. The molecule has 0 radical (unpaired) electrons. The molecular formula is C21H19FN4O5S.